The highest BCUT2D eigenvalue weighted by Crippen LogP contribution is 2.34. The minimum atomic E-state index is -0.456. The van der Waals surface area contributed by atoms with Crippen LogP contribution in [0.4, 0.5) is 21.9 Å². The number of carbonyl (C=O) groups is 3. The van der Waals surface area contributed by atoms with E-state index in [0.717, 1.165) is 103 Å². The van der Waals surface area contributed by atoms with Crippen LogP contribution in [0, 0.1) is 5.92 Å². The van der Waals surface area contributed by atoms with Crippen molar-refractivity contribution in [1.82, 2.24) is 40.6 Å². The van der Waals surface area contributed by atoms with Gasteiger partial charge >= 0.3 is 6.03 Å². The normalized spacial score (nSPS) is 17.2. The lowest BCUT2D eigenvalue weighted by atomic mass is 9.95. The van der Waals surface area contributed by atoms with E-state index < -0.39 is 11.9 Å². The van der Waals surface area contributed by atoms with Gasteiger partial charge in [0.15, 0.2) is 0 Å². The third-order valence-electron chi connectivity index (χ3n) is 12.7. The summed E-state index contributed by atoms with van der Waals surface area (Å²) in [5.74, 6) is 0.340. The van der Waals surface area contributed by atoms with Gasteiger partial charge in [-0.25, -0.2) is 14.8 Å². The fourth-order valence-corrected chi connectivity index (χ4v) is 9.03. The summed E-state index contributed by atoms with van der Waals surface area (Å²) in [6.07, 6.45) is 4.17. The summed E-state index contributed by atoms with van der Waals surface area (Å²) in [5, 5.41) is 20.5. The van der Waals surface area contributed by atoms with Gasteiger partial charge in [0.2, 0.25) is 11.8 Å². The summed E-state index contributed by atoms with van der Waals surface area (Å²) in [7, 11) is 0. The molecule has 3 aromatic heterocycles. The lowest BCUT2D eigenvalue weighted by Crippen LogP contribution is -2.49. The molecule has 9 rings (SSSR count). The number of amides is 4. The topological polar surface area (TPSA) is 189 Å². The number of fused-ring (bicyclic) bond motifs is 1. The molecule has 0 saturated carbocycles. The molecule has 0 unspecified atom stereocenters. The van der Waals surface area contributed by atoms with E-state index in [-0.39, 0.29) is 29.8 Å². The van der Waals surface area contributed by atoms with Crippen molar-refractivity contribution in [2.24, 2.45) is 5.92 Å². The lowest BCUT2D eigenvalue weighted by Gasteiger charge is -2.40. The van der Waals surface area contributed by atoms with Gasteiger partial charge in [-0.15, -0.1) is 0 Å². The van der Waals surface area contributed by atoms with Crippen molar-refractivity contribution in [3.8, 4) is 22.5 Å². The monoisotopic (exact) mass is 865 g/mol. The molecular formula is C48H55N11O5. The van der Waals surface area contributed by atoms with Gasteiger partial charge in [0.05, 0.1) is 18.3 Å². The van der Waals surface area contributed by atoms with Crippen LogP contribution >= 0.6 is 0 Å². The number of imide groups is 1. The Morgan fingerprint density at radius 1 is 0.859 bits per heavy atom. The lowest BCUT2D eigenvalue weighted by molar-refractivity contribution is -0.120. The average molecular weight is 866 g/mol. The Kier molecular flexibility index (Phi) is 11.9. The zero-order valence-corrected chi connectivity index (χ0v) is 36.8. The number of piperidine rings is 1. The predicted molar refractivity (Wildman–Crippen MR) is 245 cm³/mol. The number of anilines is 3. The molecule has 3 aliphatic heterocycles. The van der Waals surface area contributed by atoms with Gasteiger partial charge in [-0.1, -0.05) is 50.2 Å². The number of hydrogen-bond acceptors (Lipinski definition) is 12. The largest absolute Gasteiger partial charge is 0.392 e. The quantitative estimate of drug-likeness (QED) is 0.112. The van der Waals surface area contributed by atoms with Crippen LogP contribution in [-0.4, -0.2) is 105 Å². The maximum Gasteiger partial charge on any atom is 0.328 e. The van der Waals surface area contributed by atoms with Crippen molar-refractivity contribution in [1.29, 1.82) is 0 Å². The summed E-state index contributed by atoms with van der Waals surface area (Å²) in [5.41, 5.74) is 8.52. The fourth-order valence-electron chi connectivity index (χ4n) is 9.03. The van der Waals surface area contributed by atoms with Crippen molar-refractivity contribution in [3.63, 3.8) is 0 Å². The zero-order valence-electron chi connectivity index (χ0n) is 36.8. The fraction of sp³-hybridized carbons (Fsp3) is 0.396. The molecule has 1 atom stereocenters. The SMILES string of the molecule is C[C@@H](NC(=O)c1noc(C(C)(C)C)n1)c1ccc(-c2ncnc3[nH]c(-c4ccc(N5CCN(CC6CCN(c7ccc(N8CCC(=O)NC8=O)cc7)CC6)CC5)cc4)cc23)cc1CO. The highest BCUT2D eigenvalue weighted by atomic mass is 16.5. The maximum atomic E-state index is 13.0. The molecule has 64 heavy (non-hydrogen) atoms. The standard InChI is InChI=1S/C48H55N11O5/c1-30(51-45(62)44-54-46(64-55-44)48(2,3)4)38-14-7-33(25-34(38)28-60)42-39-26-40(52-43(39)50-29-49-42)32-5-8-35(9-6-32)58-23-21-56(22-24-58)27-31-15-18-57(19-16-31)36-10-12-37(13-11-36)59-20-17-41(61)53-47(59)63/h5-14,25-26,29-31,60H,15-24,27-28H2,1-4H3,(H,51,62)(H,49,50,52)(H,53,61,63)/t30-/m1/s1. The Bertz CT molecular complexity index is 2640. The number of rotatable bonds is 11. The van der Waals surface area contributed by atoms with E-state index in [0.29, 0.717) is 30.3 Å². The number of benzene rings is 3. The van der Waals surface area contributed by atoms with Crippen LogP contribution in [0.25, 0.3) is 33.5 Å². The third kappa shape index (κ3) is 9.06. The summed E-state index contributed by atoms with van der Waals surface area (Å²) >= 11 is 0. The summed E-state index contributed by atoms with van der Waals surface area (Å²) in [6.45, 7) is 15.0. The second-order valence-electron chi connectivity index (χ2n) is 18.1. The molecule has 3 fully saturated rings. The van der Waals surface area contributed by atoms with Crippen LogP contribution in [0.3, 0.4) is 0 Å². The summed E-state index contributed by atoms with van der Waals surface area (Å²) in [6, 6.07) is 23.9. The molecule has 0 aliphatic carbocycles. The Labute approximate surface area is 372 Å². The van der Waals surface area contributed by atoms with Crippen LogP contribution in [0.15, 0.2) is 83.6 Å². The van der Waals surface area contributed by atoms with E-state index in [2.05, 4.69) is 92.9 Å². The highest BCUT2D eigenvalue weighted by molar-refractivity contribution is 6.05. The molecule has 6 heterocycles. The van der Waals surface area contributed by atoms with Gasteiger partial charge < -0.3 is 29.7 Å². The van der Waals surface area contributed by atoms with Crippen LogP contribution in [0.5, 0.6) is 0 Å². The first-order chi connectivity index (χ1) is 30.9. The number of aromatic nitrogens is 5. The van der Waals surface area contributed by atoms with Crippen molar-refractivity contribution < 1.29 is 24.0 Å². The van der Waals surface area contributed by atoms with E-state index in [9.17, 15) is 19.5 Å². The number of carbonyl (C=O) groups excluding carboxylic acids is 3. The number of piperazine rings is 1. The van der Waals surface area contributed by atoms with E-state index >= 15 is 0 Å². The Morgan fingerprint density at radius 2 is 1.53 bits per heavy atom. The van der Waals surface area contributed by atoms with Crippen molar-refractivity contribution >= 4 is 45.9 Å². The molecule has 0 radical (unpaired) electrons. The van der Waals surface area contributed by atoms with Crippen LogP contribution in [-0.2, 0) is 16.8 Å². The number of aliphatic hydroxyl groups is 1. The molecule has 0 spiro atoms. The molecule has 16 heteroatoms. The Balaban J connectivity index is 0.778. The number of hydrogen-bond donors (Lipinski definition) is 4. The molecule has 3 aliphatic rings. The predicted octanol–water partition coefficient (Wildman–Crippen LogP) is 6.44. The van der Waals surface area contributed by atoms with E-state index in [1.54, 1.807) is 11.2 Å². The highest BCUT2D eigenvalue weighted by Gasteiger charge is 2.28. The van der Waals surface area contributed by atoms with E-state index in [1.165, 1.54) is 11.4 Å². The van der Waals surface area contributed by atoms with Crippen molar-refractivity contribution in [2.75, 3.05) is 67.1 Å². The molecule has 0 bridgehead atoms. The molecular weight excluding hydrogens is 811 g/mol. The van der Waals surface area contributed by atoms with Gasteiger partial charge in [0.1, 0.15) is 12.0 Å². The number of H-pyrrole nitrogens is 1. The van der Waals surface area contributed by atoms with Gasteiger partial charge in [0.25, 0.3) is 11.7 Å². The number of aliphatic hydroxyl groups excluding tert-OH is 1. The van der Waals surface area contributed by atoms with Crippen LogP contribution in [0.2, 0.25) is 0 Å². The minimum absolute atomic E-state index is 0.0335. The molecule has 4 N–H and O–H groups in total. The minimum Gasteiger partial charge on any atom is -0.392 e. The molecule has 3 aromatic carbocycles. The maximum absolute atomic E-state index is 13.0. The first-order valence-electron chi connectivity index (χ1n) is 22.2. The van der Waals surface area contributed by atoms with Gasteiger partial charge in [-0.2, -0.15) is 4.98 Å². The summed E-state index contributed by atoms with van der Waals surface area (Å²) in [4.78, 5) is 62.9. The number of nitrogens with one attached hydrogen (secondary N) is 3. The second-order valence-corrected chi connectivity index (χ2v) is 18.1. The van der Waals surface area contributed by atoms with Crippen molar-refractivity contribution in [2.45, 2.75) is 65.0 Å². The molecule has 16 nitrogen and oxygen atoms in total. The molecule has 3 saturated heterocycles. The van der Waals surface area contributed by atoms with Gasteiger partial charge in [-0.3, -0.25) is 24.7 Å². The molecule has 332 valence electrons. The first-order valence-corrected chi connectivity index (χ1v) is 22.2. The first kappa shape index (κ1) is 42.6. The van der Waals surface area contributed by atoms with Crippen LogP contribution < -0.4 is 25.3 Å². The Hall–Kier alpha value is -6.65. The smallest absolute Gasteiger partial charge is 0.328 e. The number of nitrogens with zero attached hydrogens (tertiary/aromatic N) is 8. The average Bonchev–Trinajstić information content (AvgIpc) is 3.99. The zero-order chi connectivity index (χ0) is 44.5. The number of urea groups is 1. The molecule has 4 amide bonds. The second kappa shape index (κ2) is 17.8. The number of aromatic amines is 1. The van der Waals surface area contributed by atoms with Gasteiger partial charge in [-0.05, 0) is 90.9 Å². The Morgan fingerprint density at radius 3 is 2.20 bits per heavy atom. The molecule has 6 aromatic rings. The van der Waals surface area contributed by atoms with Gasteiger partial charge in [0, 0.05) is 97.9 Å². The van der Waals surface area contributed by atoms with Crippen molar-refractivity contribution in [3.05, 3.63) is 102 Å². The van der Waals surface area contributed by atoms with Crippen LogP contribution in [0.1, 0.15) is 80.6 Å². The third-order valence-corrected chi connectivity index (χ3v) is 12.7. The summed E-state index contributed by atoms with van der Waals surface area (Å²) < 4.78 is 5.30. The van der Waals surface area contributed by atoms with E-state index in [1.807, 2.05) is 58.0 Å². The van der Waals surface area contributed by atoms with E-state index in [4.69, 9.17) is 4.52 Å².